The van der Waals surface area contributed by atoms with Gasteiger partial charge in [-0.25, -0.2) is 0 Å². The second-order valence-electron chi connectivity index (χ2n) is 10.4. The number of likely N-dealkylation sites (tertiary alicyclic amines) is 1. The van der Waals surface area contributed by atoms with Crippen LogP contribution in [-0.2, 0) is 14.2 Å². The summed E-state index contributed by atoms with van der Waals surface area (Å²) < 4.78 is 22.2. The molecule has 1 aliphatic carbocycles. The Morgan fingerprint density at radius 1 is 1.03 bits per heavy atom. The molecule has 0 radical (unpaired) electrons. The predicted molar refractivity (Wildman–Crippen MR) is 154 cm³/mol. The van der Waals surface area contributed by atoms with Gasteiger partial charge in [0, 0.05) is 63.8 Å². The first kappa shape index (κ1) is 31.2. The highest BCUT2D eigenvalue weighted by molar-refractivity contribution is 5.44. The lowest BCUT2D eigenvalue weighted by molar-refractivity contribution is -0.0667. The molecule has 1 fully saturated rings. The number of piperidine rings is 1. The van der Waals surface area contributed by atoms with E-state index in [1.165, 1.54) is 11.1 Å². The summed E-state index contributed by atoms with van der Waals surface area (Å²) in [5, 5.41) is 20.6. The third-order valence-electron chi connectivity index (χ3n) is 8.14. The van der Waals surface area contributed by atoms with Crippen molar-refractivity contribution in [3.05, 3.63) is 64.6 Å². The zero-order valence-corrected chi connectivity index (χ0v) is 24.6. The van der Waals surface area contributed by atoms with Gasteiger partial charge in [0.25, 0.3) is 0 Å². The van der Waals surface area contributed by atoms with Crippen molar-refractivity contribution >= 4 is 0 Å². The fraction of sp³-hybridized carbons (Fsp3) is 0.613. The van der Waals surface area contributed by atoms with Gasteiger partial charge in [0.2, 0.25) is 0 Å². The number of aliphatic hydroxyl groups excluding tert-OH is 2. The van der Waals surface area contributed by atoms with Crippen LogP contribution in [0.3, 0.4) is 0 Å². The molecule has 1 saturated heterocycles. The van der Waals surface area contributed by atoms with E-state index in [-0.39, 0.29) is 24.6 Å². The van der Waals surface area contributed by atoms with Crippen molar-refractivity contribution in [2.24, 2.45) is 5.92 Å². The zero-order valence-electron chi connectivity index (χ0n) is 24.6. The third-order valence-corrected chi connectivity index (χ3v) is 8.14. The van der Waals surface area contributed by atoms with Crippen LogP contribution in [0.4, 0.5) is 0 Å². The summed E-state index contributed by atoms with van der Waals surface area (Å²) in [6.07, 6.45) is 9.51. The van der Waals surface area contributed by atoms with Crippen molar-refractivity contribution in [3.8, 4) is 5.75 Å². The molecule has 0 spiro atoms. The Labute approximate surface area is 234 Å². The number of ether oxygens (including phenoxy) is 4. The van der Waals surface area contributed by atoms with Gasteiger partial charge in [-0.15, -0.1) is 0 Å². The minimum Gasteiger partial charge on any atom is -0.497 e. The Bertz CT molecular complexity index is 999. The van der Waals surface area contributed by atoms with Crippen molar-refractivity contribution in [2.45, 2.75) is 58.3 Å². The molecule has 2 N–H and O–H groups in total. The van der Waals surface area contributed by atoms with Crippen molar-refractivity contribution < 1.29 is 29.2 Å². The Morgan fingerprint density at radius 2 is 1.74 bits per heavy atom. The molecule has 3 rings (SSSR count). The van der Waals surface area contributed by atoms with Crippen LogP contribution in [0.25, 0.3) is 0 Å². The zero-order chi connectivity index (χ0) is 28.4. The van der Waals surface area contributed by atoms with Gasteiger partial charge in [-0.1, -0.05) is 12.1 Å². The number of nitrogens with zero attached hydrogens (tertiary/aromatic N) is 2. The van der Waals surface area contributed by atoms with E-state index in [0.29, 0.717) is 37.7 Å². The highest BCUT2D eigenvalue weighted by atomic mass is 16.5. The molecule has 0 saturated carbocycles. The number of benzene rings is 1. The average molecular weight is 545 g/mol. The largest absolute Gasteiger partial charge is 0.497 e. The molecular weight excluding hydrogens is 496 g/mol. The number of hydrogen-bond donors (Lipinski definition) is 2. The van der Waals surface area contributed by atoms with Crippen LogP contribution in [-0.4, -0.2) is 93.1 Å². The molecule has 1 aromatic rings. The number of rotatable bonds is 14. The van der Waals surface area contributed by atoms with Crippen LogP contribution in [0.2, 0.25) is 0 Å². The van der Waals surface area contributed by atoms with Gasteiger partial charge in [-0.05, 0) is 68.5 Å². The Hall–Kier alpha value is -2.36. The second-order valence-corrected chi connectivity index (χ2v) is 10.4. The van der Waals surface area contributed by atoms with Gasteiger partial charge in [0.05, 0.1) is 27.4 Å². The second kappa shape index (κ2) is 15.4. The molecule has 3 unspecified atom stereocenters. The molecule has 0 bridgehead atoms. The molecule has 1 heterocycles. The molecule has 2 aliphatic rings. The lowest BCUT2D eigenvalue weighted by Crippen LogP contribution is -2.52. The van der Waals surface area contributed by atoms with Crippen LogP contribution in [0, 0.1) is 19.8 Å². The summed E-state index contributed by atoms with van der Waals surface area (Å²) in [5.41, 5.74) is 3.74. The SMILES string of the molecule is COCCN(C1CCN(C(C)c2ccc(OCCCO)c(C)c2C)CC1)C(O)C1C=CC(OC)=CC(OC)=C1. The number of hydrogen-bond acceptors (Lipinski definition) is 8. The molecule has 39 heavy (non-hydrogen) atoms. The Kier molecular flexibility index (Phi) is 12.3. The van der Waals surface area contributed by atoms with E-state index >= 15 is 0 Å². The van der Waals surface area contributed by atoms with E-state index in [1.807, 2.05) is 24.3 Å². The fourth-order valence-electron chi connectivity index (χ4n) is 5.55. The summed E-state index contributed by atoms with van der Waals surface area (Å²) in [6, 6.07) is 4.77. The van der Waals surface area contributed by atoms with E-state index < -0.39 is 6.23 Å². The minimum atomic E-state index is -0.705. The van der Waals surface area contributed by atoms with E-state index in [4.69, 9.17) is 24.1 Å². The summed E-state index contributed by atoms with van der Waals surface area (Å²) in [6.45, 7) is 10.3. The topological polar surface area (TPSA) is 83.9 Å². The van der Waals surface area contributed by atoms with Gasteiger partial charge in [0.1, 0.15) is 23.5 Å². The van der Waals surface area contributed by atoms with Crippen molar-refractivity contribution in [1.29, 1.82) is 0 Å². The highest BCUT2D eigenvalue weighted by Crippen LogP contribution is 2.33. The first-order valence-corrected chi connectivity index (χ1v) is 14.0. The van der Waals surface area contributed by atoms with Crippen LogP contribution >= 0.6 is 0 Å². The molecule has 218 valence electrons. The van der Waals surface area contributed by atoms with Gasteiger partial charge in [-0.2, -0.15) is 0 Å². The number of methoxy groups -OCH3 is 3. The Morgan fingerprint density at radius 3 is 2.38 bits per heavy atom. The van der Waals surface area contributed by atoms with Gasteiger partial charge in [0.15, 0.2) is 0 Å². The molecule has 1 aliphatic heterocycles. The molecule has 8 nitrogen and oxygen atoms in total. The predicted octanol–water partition coefficient (Wildman–Crippen LogP) is 4.10. The lowest BCUT2D eigenvalue weighted by atomic mass is 9.93. The average Bonchev–Trinajstić information content (AvgIpc) is 3.18. The van der Waals surface area contributed by atoms with E-state index in [1.54, 1.807) is 21.3 Å². The quantitative estimate of drug-likeness (QED) is 0.268. The summed E-state index contributed by atoms with van der Waals surface area (Å²) in [4.78, 5) is 4.73. The van der Waals surface area contributed by atoms with E-state index in [9.17, 15) is 5.11 Å². The maximum Gasteiger partial charge on any atom is 0.122 e. The van der Waals surface area contributed by atoms with E-state index in [0.717, 1.165) is 37.2 Å². The van der Waals surface area contributed by atoms with E-state index in [2.05, 4.69) is 42.7 Å². The standard InChI is InChI=1S/C31H48N2O6/c1-22-23(2)30(39-18-7-17-34)11-10-29(22)24(3)32-14-12-26(13-15-32)33(16-19-36-4)31(35)25-8-9-27(37-5)21-28(20-25)38-6/h8-11,20-21,24-26,31,34-35H,7,12-19H2,1-6H3. The summed E-state index contributed by atoms with van der Waals surface area (Å²) >= 11 is 0. The maximum atomic E-state index is 11.5. The van der Waals surface area contributed by atoms with Crippen LogP contribution in [0.5, 0.6) is 5.75 Å². The smallest absolute Gasteiger partial charge is 0.122 e. The molecule has 8 heteroatoms. The van der Waals surface area contributed by atoms with Gasteiger partial charge >= 0.3 is 0 Å². The van der Waals surface area contributed by atoms with Crippen LogP contribution < -0.4 is 4.74 Å². The number of aliphatic hydroxyl groups is 2. The molecule has 0 aromatic heterocycles. The van der Waals surface area contributed by atoms with Crippen molar-refractivity contribution in [2.75, 3.05) is 60.8 Å². The van der Waals surface area contributed by atoms with Crippen molar-refractivity contribution in [3.63, 3.8) is 0 Å². The first-order valence-electron chi connectivity index (χ1n) is 14.0. The fourth-order valence-corrected chi connectivity index (χ4v) is 5.55. The molecule has 1 aromatic carbocycles. The lowest BCUT2D eigenvalue weighted by Gasteiger charge is -2.43. The van der Waals surface area contributed by atoms with Crippen molar-refractivity contribution in [1.82, 2.24) is 9.80 Å². The van der Waals surface area contributed by atoms with Gasteiger partial charge < -0.3 is 29.2 Å². The molecule has 3 atom stereocenters. The molecule has 0 amide bonds. The highest BCUT2D eigenvalue weighted by Gasteiger charge is 2.33. The molecular formula is C31H48N2O6. The first-order chi connectivity index (χ1) is 18.8. The maximum absolute atomic E-state index is 11.5. The minimum absolute atomic E-state index is 0.136. The third kappa shape index (κ3) is 8.08. The Balaban J connectivity index is 1.68. The van der Waals surface area contributed by atoms with Gasteiger partial charge in [-0.3, -0.25) is 9.80 Å². The summed E-state index contributed by atoms with van der Waals surface area (Å²) in [5.74, 6) is 2.02. The monoisotopic (exact) mass is 544 g/mol. The van der Waals surface area contributed by atoms with Crippen LogP contribution in [0.1, 0.15) is 48.9 Å². The normalized spacial score (nSPS) is 20.3. The van der Waals surface area contributed by atoms with Crippen LogP contribution in [0.15, 0.2) is 48.0 Å². The number of allylic oxidation sites excluding steroid dienone is 2. The summed E-state index contributed by atoms with van der Waals surface area (Å²) in [7, 11) is 4.96.